The van der Waals surface area contributed by atoms with E-state index in [1.807, 2.05) is 13.8 Å². The van der Waals surface area contributed by atoms with Gasteiger partial charge in [-0.3, -0.25) is 9.59 Å². The van der Waals surface area contributed by atoms with Gasteiger partial charge in [-0.15, -0.1) is 0 Å². The van der Waals surface area contributed by atoms with Crippen molar-refractivity contribution >= 4 is 17.9 Å². The predicted octanol–water partition coefficient (Wildman–Crippen LogP) is 0.796. The van der Waals surface area contributed by atoms with Crippen LogP contribution in [0.5, 0.6) is 0 Å². The Morgan fingerprint density at radius 3 is 2.15 bits per heavy atom. The first kappa shape index (κ1) is 18.2. The van der Waals surface area contributed by atoms with Gasteiger partial charge in [-0.25, -0.2) is 4.79 Å². The Morgan fingerprint density at radius 2 is 1.75 bits per heavy atom. The largest absolute Gasteiger partial charge is 0.480 e. The first-order valence-corrected chi connectivity index (χ1v) is 6.60. The molecule has 0 atom stereocenters. The van der Waals surface area contributed by atoms with Crippen molar-refractivity contribution in [2.45, 2.75) is 52.6 Å². The molecule has 0 saturated carbocycles. The van der Waals surface area contributed by atoms with Crippen LogP contribution in [0.4, 0.5) is 4.79 Å². The van der Waals surface area contributed by atoms with Gasteiger partial charge in [0.2, 0.25) is 5.91 Å². The summed E-state index contributed by atoms with van der Waals surface area (Å²) >= 11 is 0. The molecule has 0 fully saturated rings. The quantitative estimate of drug-likeness (QED) is 0.672. The summed E-state index contributed by atoms with van der Waals surface area (Å²) < 4.78 is 0. The molecule has 20 heavy (non-hydrogen) atoms. The van der Waals surface area contributed by atoms with Crippen LogP contribution in [0.15, 0.2) is 0 Å². The van der Waals surface area contributed by atoms with E-state index in [9.17, 15) is 14.4 Å². The minimum Gasteiger partial charge on any atom is -0.480 e. The lowest BCUT2D eigenvalue weighted by molar-refractivity contribution is -0.138. The van der Waals surface area contributed by atoms with Crippen molar-refractivity contribution in [1.29, 1.82) is 0 Å². The molecule has 3 N–H and O–H groups in total. The van der Waals surface area contributed by atoms with Crippen LogP contribution in [-0.2, 0) is 9.59 Å². The first-order valence-electron chi connectivity index (χ1n) is 6.60. The molecule has 7 nitrogen and oxygen atoms in total. The summed E-state index contributed by atoms with van der Waals surface area (Å²) in [4.78, 5) is 35.4. The summed E-state index contributed by atoms with van der Waals surface area (Å²) in [7, 11) is 0. The van der Waals surface area contributed by atoms with Crippen molar-refractivity contribution in [3.63, 3.8) is 0 Å². The van der Waals surface area contributed by atoms with Crippen LogP contribution in [0.2, 0.25) is 0 Å². The number of carboxylic acid groups (broad SMARTS) is 1. The molecular formula is C13H25N3O4. The number of nitrogens with zero attached hydrogens (tertiary/aromatic N) is 1. The second-order valence-electron chi connectivity index (χ2n) is 5.85. The van der Waals surface area contributed by atoms with Crippen molar-refractivity contribution in [3.05, 3.63) is 0 Å². The molecule has 0 aromatic carbocycles. The highest BCUT2D eigenvalue weighted by atomic mass is 16.4. The number of hydrogen-bond donors (Lipinski definition) is 3. The number of amides is 3. The molecule has 0 radical (unpaired) electrons. The minimum absolute atomic E-state index is 0.0521. The van der Waals surface area contributed by atoms with Gasteiger partial charge in [-0.05, 0) is 34.6 Å². The summed E-state index contributed by atoms with van der Waals surface area (Å²) in [6.07, 6.45) is 0.162. The maximum absolute atomic E-state index is 11.9. The number of hydrogen-bond acceptors (Lipinski definition) is 3. The van der Waals surface area contributed by atoms with E-state index in [1.165, 1.54) is 4.90 Å². The number of carbonyl (C=O) groups excluding carboxylic acids is 2. The molecule has 3 amide bonds. The first-order chi connectivity index (χ1) is 9.04. The third-order valence-corrected chi connectivity index (χ3v) is 2.43. The van der Waals surface area contributed by atoms with Gasteiger partial charge >= 0.3 is 12.0 Å². The Morgan fingerprint density at radius 1 is 1.20 bits per heavy atom. The fourth-order valence-electron chi connectivity index (χ4n) is 1.52. The molecule has 0 aliphatic carbocycles. The average Bonchev–Trinajstić information content (AvgIpc) is 2.22. The van der Waals surface area contributed by atoms with Gasteiger partial charge in [0.15, 0.2) is 0 Å². The van der Waals surface area contributed by atoms with Crippen LogP contribution >= 0.6 is 0 Å². The number of carbonyl (C=O) groups is 3. The Labute approximate surface area is 119 Å². The van der Waals surface area contributed by atoms with E-state index in [4.69, 9.17) is 5.11 Å². The van der Waals surface area contributed by atoms with Crippen LogP contribution in [0, 0.1) is 0 Å². The van der Waals surface area contributed by atoms with E-state index in [2.05, 4.69) is 10.6 Å². The molecule has 0 heterocycles. The van der Waals surface area contributed by atoms with Gasteiger partial charge in [-0.1, -0.05) is 0 Å². The van der Waals surface area contributed by atoms with Crippen LogP contribution in [0.25, 0.3) is 0 Å². The lowest BCUT2D eigenvalue weighted by atomic mass is 10.1. The Hall–Kier alpha value is -1.79. The summed E-state index contributed by atoms with van der Waals surface area (Å²) in [6.45, 7) is 8.75. The van der Waals surface area contributed by atoms with E-state index < -0.39 is 17.5 Å². The molecule has 7 heteroatoms. The Kier molecular flexibility index (Phi) is 7.02. The van der Waals surface area contributed by atoms with Crippen LogP contribution in [-0.4, -0.2) is 52.6 Å². The predicted molar refractivity (Wildman–Crippen MR) is 75.4 cm³/mol. The van der Waals surface area contributed by atoms with Crippen molar-refractivity contribution in [2.24, 2.45) is 0 Å². The second kappa shape index (κ2) is 7.72. The molecule has 0 aliphatic heterocycles. The van der Waals surface area contributed by atoms with E-state index in [1.54, 1.807) is 20.8 Å². The molecule has 0 aliphatic rings. The zero-order chi connectivity index (χ0) is 15.9. The van der Waals surface area contributed by atoms with E-state index >= 15 is 0 Å². The summed E-state index contributed by atoms with van der Waals surface area (Å²) in [6, 6.07) is -0.437. The molecule has 0 saturated heterocycles. The van der Waals surface area contributed by atoms with E-state index in [0.29, 0.717) is 0 Å². The molecule has 0 aromatic heterocycles. The highest BCUT2D eigenvalue weighted by Gasteiger charge is 2.28. The third-order valence-electron chi connectivity index (χ3n) is 2.43. The summed E-state index contributed by atoms with van der Waals surface area (Å²) in [5.41, 5.74) is -0.608. The monoisotopic (exact) mass is 287 g/mol. The maximum Gasteiger partial charge on any atom is 0.323 e. The fraction of sp³-hybridized carbons (Fsp3) is 0.769. The lowest BCUT2D eigenvalue weighted by Crippen LogP contribution is -2.52. The molecule has 116 valence electrons. The summed E-state index contributed by atoms with van der Waals surface area (Å²) in [5.74, 6) is -1.23. The highest BCUT2D eigenvalue weighted by Crippen LogP contribution is 2.12. The number of nitrogens with one attached hydrogen (secondary N) is 2. The van der Waals surface area contributed by atoms with Gasteiger partial charge in [-0.2, -0.15) is 0 Å². The summed E-state index contributed by atoms with van der Waals surface area (Å²) in [5, 5.41) is 14.1. The number of aliphatic carboxylic acids is 1. The number of rotatable bonds is 6. The zero-order valence-corrected chi connectivity index (χ0v) is 12.8. The Bertz CT molecular complexity index is 361. The van der Waals surface area contributed by atoms with Crippen molar-refractivity contribution in [1.82, 2.24) is 15.5 Å². The molecule has 0 bridgehead atoms. The normalized spacial score (nSPS) is 11.1. The van der Waals surface area contributed by atoms with Gasteiger partial charge in [0.05, 0.1) is 0 Å². The topological polar surface area (TPSA) is 98.7 Å². The fourth-order valence-corrected chi connectivity index (χ4v) is 1.52. The SMILES string of the molecule is CC(C)NC(=O)CCNC(=O)N(CC(=O)O)C(C)(C)C. The molecule has 0 spiro atoms. The van der Waals surface area contributed by atoms with E-state index in [-0.39, 0.29) is 31.5 Å². The average molecular weight is 287 g/mol. The Balaban J connectivity index is 4.34. The zero-order valence-electron chi connectivity index (χ0n) is 12.8. The molecular weight excluding hydrogens is 262 g/mol. The van der Waals surface area contributed by atoms with Crippen molar-refractivity contribution in [3.8, 4) is 0 Å². The van der Waals surface area contributed by atoms with Crippen LogP contribution in [0.1, 0.15) is 41.0 Å². The van der Waals surface area contributed by atoms with Crippen LogP contribution < -0.4 is 10.6 Å². The number of carboxylic acids is 1. The van der Waals surface area contributed by atoms with Gasteiger partial charge in [0, 0.05) is 24.5 Å². The van der Waals surface area contributed by atoms with E-state index in [0.717, 1.165) is 0 Å². The lowest BCUT2D eigenvalue weighted by Gasteiger charge is -2.34. The van der Waals surface area contributed by atoms with Crippen molar-refractivity contribution in [2.75, 3.05) is 13.1 Å². The smallest absolute Gasteiger partial charge is 0.323 e. The second-order valence-corrected chi connectivity index (χ2v) is 5.85. The molecule has 0 rings (SSSR count). The number of urea groups is 1. The third kappa shape index (κ3) is 7.60. The molecule has 0 unspecified atom stereocenters. The van der Waals surface area contributed by atoms with Gasteiger partial charge < -0.3 is 20.6 Å². The van der Waals surface area contributed by atoms with Gasteiger partial charge in [0.1, 0.15) is 6.54 Å². The van der Waals surface area contributed by atoms with Crippen LogP contribution in [0.3, 0.4) is 0 Å². The minimum atomic E-state index is -1.08. The standard InChI is InChI=1S/C13H25N3O4/c1-9(2)15-10(17)6-7-14-12(20)16(8-11(18)19)13(3,4)5/h9H,6-8H2,1-5H3,(H,14,20)(H,15,17)(H,18,19). The highest BCUT2D eigenvalue weighted by molar-refractivity contribution is 5.81. The van der Waals surface area contributed by atoms with Gasteiger partial charge in [0.25, 0.3) is 0 Å². The molecule has 0 aromatic rings. The maximum atomic E-state index is 11.9. The van der Waals surface area contributed by atoms with Crippen molar-refractivity contribution < 1.29 is 19.5 Å².